The molecule has 0 radical (unpaired) electrons. The molecule has 0 unspecified atom stereocenters. The summed E-state index contributed by atoms with van der Waals surface area (Å²) in [6.07, 6.45) is 0.590. The molecule has 0 saturated carbocycles. The zero-order valence-corrected chi connectivity index (χ0v) is 16.7. The molecule has 1 aliphatic heterocycles. The van der Waals surface area contributed by atoms with Gasteiger partial charge in [0.1, 0.15) is 5.76 Å². The number of nitrogens with one attached hydrogen (secondary N) is 1. The Bertz CT molecular complexity index is 1030. The summed E-state index contributed by atoms with van der Waals surface area (Å²) >= 11 is 0. The first kappa shape index (κ1) is 19.9. The van der Waals surface area contributed by atoms with Gasteiger partial charge in [-0.15, -0.1) is 0 Å². The number of benzene rings is 1. The normalized spacial score (nSPS) is 17.1. The highest BCUT2D eigenvalue weighted by molar-refractivity contribution is 7.92. The number of nitrogens with zero attached hydrogens (tertiary/aromatic N) is 2. The number of carbonyl (C=O) groups excluding carboxylic acids is 2. The van der Waals surface area contributed by atoms with E-state index in [1.807, 2.05) is 0 Å². The molecule has 1 amide bonds. The summed E-state index contributed by atoms with van der Waals surface area (Å²) in [7, 11) is -3.41. The lowest BCUT2D eigenvalue weighted by molar-refractivity contribution is -0.123. The molecule has 0 fully saturated rings. The van der Waals surface area contributed by atoms with Crippen molar-refractivity contribution < 1.29 is 27.3 Å². The Morgan fingerprint density at radius 2 is 2.07 bits per heavy atom. The Morgan fingerprint density at radius 1 is 1.36 bits per heavy atom. The summed E-state index contributed by atoms with van der Waals surface area (Å²) in [6, 6.07) is 5.99. The van der Waals surface area contributed by atoms with Crippen LogP contribution in [0.1, 0.15) is 35.5 Å². The Labute approximate surface area is 162 Å². The molecule has 2 heterocycles. The van der Waals surface area contributed by atoms with Gasteiger partial charge in [0.15, 0.2) is 11.9 Å². The van der Waals surface area contributed by atoms with Crippen LogP contribution in [0.2, 0.25) is 0 Å². The molecule has 150 valence electrons. The van der Waals surface area contributed by atoms with Crippen LogP contribution in [0.4, 0.5) is 11.5 Å². The molecular formula is C18H21N3O6S. The summed E-state index contributed by atoms with van der Waals surface area (Å²) < 4.78 is 35.4. The lowest BCUT2D eigenvalue weighted by atomic mass is 10.1. The van der Waals surface area contributed by atoms with Gasteiger partial charge >= 0.3 is 5.97 Å². The van der Waals surface area contributed by atoms with E-state index in [1.54, 1.807) is 32.0 Å². The molecule has 1 aliphatic rings. The molecule has 10 heteroatoms. The number of fused-ring (bicyclic) bond motifs is 1. The number of hydrogen-bond donors (Lipinski definition) is 1. The quantitative estimate of drug-likeness (QED) is 0.752. The fourth-order valence-electron chi connectivity index (χ4n) is 3.17. The molecule has 2 aromatic rings. The fraction of sp³-hybridized carbons (Fsp3) is 0.389. The van der Waals surface area contributed by atoms with Gasteiger partial charge in [-0.3, -0.25) is 9.10 Å². The Hall–Kier alpha value is -2.88. The van der Waals surface area contributed by atoms with Crippen LogP contribution in [0.15, 0.2) is 28.8 Å². The fourth-order valence-corrected chi connectivity index (χ4v) is 4.43. The lowest BCUT2D eigenvalue weighted by Gasteiger charge is -2.22. The number of sulfonamides is 1. The van der Waals surface area contributed by atoms with Gasteiger partial charge in [-0.05, 0) is 51.0 Å². The van der Waals surface area contributed by atoms with Crippen LogP contribution < -0.4 is 9.62 Å². The second kappa shape index (κ2) is 7.27. The van der Waals surface area contributed by atoms with Crippen molar-refractivity contribution in [1.29, 1.82) is 0 Å². The molecule has 1 N–H and O–H groups in total. The van der Waals surface area contributed by atoms with Crippen molar-refractivity contribution in [1.82, 2.24) is 5.16 Å². The van der Waals surface area contributed by atoms with Crippen molar-refractivity contribution in [3.8, 4) is 0 Å². The summed E-state index contributed by atoms with van der Waals surface area (Å²) in [5.74, 6) is -0.444. The maximum Gasteiger partial charge on any atom is 0.338 e. The zero-order valence-electron chi connectivity index (χ0n) is 15.9. The van der Waals surface area contributed by atoms with Crippen molar-refractivity contribution in [2.75, 3.05) is 15.9 Å². The van der Waals surface area contributed by atoms with Crippen molar-refractivity contribution >= 4 is 33.4 Å². The molecule has 9 nitrogen and oxygen atoms in total. The van der Waals surface area contributed by atoms with Gasteiger partial charge in [0.25, 0.3) is 5.91 Å². The van der Waals surface area contributed by atoms with Gasteiger partial charge in [-0.25, -0.2) is 13.2 Å². The summed E-state index contributed by atoms with van der Waals surface area (Å²) in [6.45, 7) is 4.93. The van der Waals surface area contributed by atoms with Crippen molar-refractivity contribution in [2.24, 2.45) is 0 Å². The highest BCUT2D eigenvalue weighted by atomic mass is 32.2. The van der Waals surface area contributed by atoms with Crippen molar-refractivity contribution in [3.05, 3.63) is 41.2 Å². The number of esters is 1. The van der Waals surface area contributed by atoms with Gasteiger partial charge in [-0.1, -0.05) is 5.16 Å². The first-order valence-corrected chi connectivity index (χ1v) is 10.5. The van der Waals surface area contributed by atoms with E-state index in [-0.39, 0.29) is 17.4 Å². The van der Waals surface area contributed by atoms with Gasteiger partial charge in [0.2, 0.25) is 10.0 Å². The SMILES string of the molecule is Cc1cc(NC(=O)[C@H](C)OC(=O)c2ccc3c(c2)C[C@H](C)N3S(C)(=O)=O)no1. The van der Waals surface area contributed by atoms with Gasteiger partial charge in [-0.2, -0.15) is 0 Å². The number of aromatic nitrogens is 1. The van der Waals surface area contributed by atoms with Crippen LogP contribution >= 0.6 is 0 Å². The molecule has 0 spiro atoms. The maximum atomic E-state index is 12.4. The minimum absolute atomic E-state index is 0.230. The van der Waals surface area contributed by atoms with Gasteiger partial charge in [0.05, 0.1) is 17.5 Å². The topological polar surface area (TPSA) is 119 Å². The minimum atomic E-state index is -3.41. The maximum absolute atomic E-state index is 12.4. The average molecular weight is 407 g/mol. The third kappa shape index (κ3) is 4.01. The molecule has 3 rings (SSSR count). The van der Waals surface area contributed by atoms with Crippen LogP contribution in [0.25, 0.3) is 0 Å². The number of carbonyl (C=O) groups is 2. The summed E-state index contributed by atoms with van der Waals surface area (Å²) in [5.41, 5.74) is 1.54. The second-order valence-electron chi connectivity index (χ2n) is 6.82. The van der Waals surface area contributed by atoms with Crippen molar-refractivity contribution in [2.45, 2.75) is 39.3 Å². The van der Waals surface area contributed by atoms with E-state index in [0.717, 1.165) is 11.8 Å². The minimum Gasteiger partial charge on any atom is -0.449 e. The Kier molecular flexibility index (Phi) is 5.16. The van der Waals surface area contributed by atoms with E-state index in [2.05, 4.69) is 10.5 Å². The number of rotatable bonds is 5. The third-order valence-electron chi connectivity index (χ3n) is 4.36. The van der Waals surface area contributed by atoms with E-state index < -0.39 is 28.0 Å². The van der Waals surface area contributed by atoms with Crippen LogP contribution in [-0.2, 0) is 26.0 Å². The van der Waals surface area contributed by atoms with E-state index in [4.69, 9.17) is 9.26 Å². The molecule has 28 heavy (non-hydrogen) atoms. The molecular weight excluding hydrogens is 386 g/mol. The largest absolute Gasteiger partial charge is 0.449 e. The molecule has 1 aromatic carbocycles. The van der Waals surface area contributed by atoms with E-state index in [0.29, 0.717) is 17.9 Å². The predicted octanol–water partition coefficient (Wildman–Crippen LogP) is 1.88. The third-order valence-corrected chi connectivity index (χ3v) is 5.63. The van der Waals surface area contributed by atoms with Crippen LogP contribution in [0, 0.1) is 6.92 Å². The van der Waals surface area contributed by atoms with Crippen LogP contribution in [0.3, 0.4) is 0 Å². The first-order chi connectivity index (χ1) is 13.1. The molecule has 2 atom stereocenters. The van der Waals surface area contributed by atoms with E-state index in [1.165, 1.54) is 17.3 Å². The van der Waals surface area contributed by atoms with Crippen LogP contribution in [-0.4, -0.2) is 43.9 Å². The number of ether oxygens (including phenoxy) is 1. The van der Waals surface area contributed by atoms with Gasteiger partial charge < -0.3 is 14.6 Å². The lowest BCUT2D eigenvalue weighted by Crippen LogP contribution is -2.34. The first-order valence-electron chi connectivity index (χ1n) is 8.63. The highest BCUT2D eigenvalue weighted by Crippen LogP contribution is 2.34. The predicted molar refractivity (Wildman–Crippen MR) is 102 cm³/mol. The van der Waals surface area contributed by atoms with E-state index in [9.17, 15) is 18.0 Å². The molecule has 1 aromatic heterocycles. The summed E-state index contributed by atoms with van der Waals surface area (Å²) in [5, 5.41) is 6.14. The zero-order chi connectivity index (χ0) is 20.6. The summed E-state index contributed by atoms with van der Waals surface area (Å²) in [4.78, 5) is 24.5. The standard InChI is InChI=1S/C18H21N3O6S/c1-10-7-14-9-13(5-6-15(14)21(10)28(4,24)25)18(23)26-12(3)17(22)19-16-8-11(2)27-20-16/h5-6,8-10,12H,7H2,1-4H3,(H,19,20,22)/t10-,12-/m0/s1. The average Bonchev–Trinajstić information content (AvgIpc) is 3.15. The Balaban J connectivity index is 1.70. The van der Waals surface area contributed by atoms with Gasteiger partial charge in [0, 0.05) is 12.1 Å². The Morgan fingerprint density at radius 3 is 2.68 bits per heavy atom. The van der Waals surface area contributed by atoms with Crippen molar-refractivity contribution in [3.63, 3.8) is 0 Å². The highest BCUT2D eigenvalue weighted by Gasteiger charge is 2.33. The smallest absolute Gasteiger partial charge is 0.338 e. The monoisotopic (exact) mass is 407 g/mol. The number of hydrogen-bond acceptors (Lipinski definition) is 7. The molecule has 0 aliphatic carbocycles. The van der Waals surface area contributed by atoms with E-state index >= 15 is 0 Å². The number of anilines is 2. The number of amides is 1. The number of aryl methyl sites for hydroxylation is 1. The van der Waals surface area contributed by atoms with Crippen LogP contribution in [0.5, 0.6) is 0 Å². The second-order valence-corrected chi connectivity index (χ2v) is 8.67. The molecule has 0 saturated heterocycles. The molecule has 0 bridgehead atoms.